The first-order valence-electron chi connectivity index (χ1n) is 10.5. The van der Waals surface area contributed by atoms with Crippen molar-refractivity contribution in [3.63, 3.8) is 0 Å². The molecule has 1 aromatic heterocycles. The normalized spacial score (nSPS) is 11.7. The Bertz CT molecular complexity index is 1710. The minimum atomic E-state index is -4.58. The minimum absolute atomic E-state index is 0.0274. The number of nitrogens with two attached hydrogens (primary N) is 1. The van der Waals surface area contributed by atoms with E-state index in [1.807, 2.05) is 0 Å². The topological polar surface area (TPSA) is 224 Å². The van der Waals surface area contributed by atoms with Crippen molar-refractivity contribution in [2.75, 3.05) is 10.6 Å². The second-order valence-corrected chi connectivity index (χ2v) is 10.1. The Labute approximate surface area is 229 Å². The number of azo groups is 1. The Morgan fingerprint density at radius 3 is 2.59 bits per heavy atom. The Balaban J connectivity index is 1.78. The Morgan fingerprint density at radius 2 is 1.90 bits per heavy atom. The summed E-state index contributed by atoms with van der Waals surface area (Å²) in [6.07, 6.45) is 1.21. The lowest BCUT2D eigenvalue weighted by Crippen LogP contribution is -2.19. The van der Waals surface area contributed by atoms with E-state index in [1.165, 1.54) is 36.7 Å². The van der Waals surface area contributed by atoms with Crippen LogP contribution in [0.1, 0.15) is 5.56 Å². The molecule has 0 radical (unpaired) electrons. The number of primary amides is 1. The molecule has 0 saturated carbocycles. The van der Waals surface area contributed by atoms with Crippen LogP contribution in [0, 0.1) is 6.92 Å². The van der Waals surface area contributed by atoms with Gasteiger partial charge in [-0.05, 0) is 65.9 Å². The zero-order chi connectivity index (χ0) is 28.2. The zero-order valence-electron chi connectivity index (χ0n) is 19.6. The molecule has 4 rings (SSSR count). The first kappa shape index (κ1) is 28.0. The van der Waals surface area contributed by atoms with Crippen molar-refractivity contribution in [3.05, 3.63) is 59.6 Å². The molecule has 0 fully saturated rings. The smallest absolute Gasteiger partial charge is 0.316 e. The van der Waals surface area contributed by atoms with Gasteiger partial charge in [-0.2, -0.15) is 13.4 Å². The average molecular weight is 593 g/mol. The van der Waals surface area contributed by atoms with Crippen molar-refractivity contribution in [2.45, 2.75) is 16.7 Å². The van der Waals surface area contributed by atoms with Gasteiger partial charge in [0.2, 0.25) is 11.2 Å². The molecule has 4 aromatic rings. The summed E-state index contributed by atoms with van der Waals surface area (Å²) in [6, 6.07) is 9.51. The van der Waals surface area contributed by atoms with Crippen molar-refractivity contribution in [3.8, 4) is 0 Å². The average Bonchev–Trinajstić information content (AvgIpc) is 2.85. The molecular formula is C21H17ClN8O7S2. The molecule has 0 aliphatic carbocycles. The molecular weight excluding hydrogens is 576 g/mol. The summed E-state index contributed by atoms with van der Waals surface area (Å²) in [6.45, 7) is 1.66. The lowest BCUT2D eigenvalue weighted by molar-refractivity contribution is -0.432. The molecule has 0 saturated heterocycles. The van der Waals surface area contributed by atoms with E-state index in [-0.39, 0.29) is 43.5 Å². The Morgan fingerprint density at radius 1 is 1.13 bits per heavy atom. The maximum absolute atomic E-state index is 12.0. The number of nitrogens with zero attached hydrogens (tertiary/aromatic N) is 5. The molecule has 0 aliphatic rings. The third-order valence-corrected chi connectivity index (χ3v) is 6.60. The maximum atomic E-state index is 12.0. The van der Waals surface area contributed by atoms with Crippen molar-refractivity contribution in [1.29, 1.82) is 0 Å². The molecule has 15 nitrogen and oxygen atoms in total. The first-order valence-corrected chi connectivity index (χ1v) is 13.0. The molecule has 0 spiro atoms. The lowest BCUT2D eigenvalue weighted by Gasteiger charge is -2.11. The summed E-state index contributed by atoms with van der Waals surface area (Å²) in [5.41, 5.74) is 6.68. The van der Waals surface area contributed by atoms with Crippen LogP contribution in [-0.2, 0) is 19.5 Å². The van der Waals surface area contributed by atoms with Gasteiger partial charge < -0.3 is 16.4 Å². The fourth-order valence-corrected chi connectivity index (χ4v) is 4.78. The number of urea groups is 1. The lowest BCUT2D eigenvalue weighted by atomic mass is 10.1. The van der Waals surface area contributed by atoms with Gasteiger partial charge >= 0.3 is 6.03 Å². The Hall–Kier alpha value is -3.97. The number of rotatable bonds is 9. The van der Waals surface area contributed by atoms with Crippen molar-refractivity contribution < 1.29 is 32.4 Å². The summed E-state index contributed by atoms with van der Waals surface area (Å²) in [5.74, 6) is 0.142. The van der Waals surface area contributed by atoms with Crippen LogP contribution >= 0.6 is 23.6 Å². The monoisotopic (exact) mass is 592 g/mol. The first-order chi connectivity index (χ1) is 18.5. The quantitative estimate of drug-likeness (QED) is 0.0547. The fraction of sp³-hybridized carbons (Fsp3) is 0.0476. The van der Waals surface area contributed by atoms with Gasteiger partial charge in [-0.3, -0.25) is 4.55 Å². The summed E-state index contributed by atoms with van der Waals surface area (Å²) in [5, 5.41) is 26.5. The molecule has 3 aromatic carbocycles. The molecule has 0 aliphatic heterocycles. The van der Waals surface area contributed by atoms with Crippen molar-refractivity contribution in [2.24, 2.45) is 16.0 Å². The summed E-state index contributed by atoms with van der Waals surface area (Å²) in [4.78, 5) is 23.1. The van der Waals surface area contributed by atoms with E-state index >= 15 is 0 Å². The van der Waals surface area contributed by atoms with E-state index in [2.05, 4.69) is 45.2 Å². The van der Waals surface area contributed by atoms with Gasteiger partial charge in [-0.1, -0.05) is 11.1 Å². The molecule has 18 heteroatoms. The van der Waals surface area contributed by atoms with E-state index in [9.17, 15) is 17.8 Å². The number of fused-ring (bicyclic) bond motifs is 1. The van der Waals surface area contributed by atoms with Crippen LogP contribution in [0.3, 0.4) is 0 Å². The molecule has 2 amide bonds. The third-order valence-electron chi connectivity index (χ3n) is 4.89. The number of aromatic nitrogens is 3. The number of hydrogen-bond donors (Lipinski definition) is 5. The van der Waals surface area contributed by atoms with E-state index in [0.29, 0.717) is 28.7 Å². The Kier molecular flexibility index (Phi) is 8.51. The van der Waals surface area contributed by atoms with E-state index in [0.717, 1.165) is 0 Å². The number of anilines is 3. The number of halogens is 1. The van der Waals surface area contributed by atoms with Gasteiger partial charge in [0.25, 0.3) is 10.1 Å². The van der Waals surface area contributed by atoms with Crippen LogP contribution < -0.4 is 16.4 Å². The van der Waals surface area contributed by atoms with Crippen LogP contribution in [0.15, 0.2) is 68.8 Å². The van der Waals surface area contributed by atoms with Crippen molar-refractivity contribution >= 4 is 79.3 Å². The zero-order valence-corrected chi connectivity index (χ0v) is 22.0. The standard InChI is InChI=1S/C21H17ClN8O7S2/c1-10-4-11-6-17(38-37-36-32)16(8-13(11)18(5-10)39(33,34)35)30-29-14-3-2-12(7-15(14)27-20(23)31)26-21-25-9-24-19(22)28-21/h2-9,32H,1H3,(H3,23,27,31)(H,33,34,35)(H,24,25,26,28). The second kappa shape index (κ2) is 11.8. The summed E-state index contributed by atoms with van der Waals surface area (Å²) < 4.78 is 38.3. The number of benzene rings is 3. The van der Waals surface area contributed by atoms with Crippen LogP contribution in [0.4, 0.5) is 33.5 Å². The highest BCUT2D eigenvalue weighted by Gasteiger charge is 2.18. The maximum Gasteiger partial charge on any atom is 0.316 e. The second-order valence-electron chi connectivity index (χ2n) is 7.63. The number of amides is 2. The minimum Gasteiger partial charge on any atom is -0.351 e. The number of aryl methyl sites for hydroxylation is 1. The van der Waals surface area contributed by atoms with E-state index < -0.39 is 16.1 Å². The van der Waals surface area contributed by atoms with E-state index in [1.54, 1.807) is 19.1 Å². The number of nitrogens with one attached hydrogen (secondary N) is 2. The molecule has 6 N–H and O–H groups in total. The number of carbonyl (C=O) groups is 1. The SMILES string of the molecule is Cc1cc(S(=O)(=O)O)c2cc(N=Nc3ccc(Nc4ncnc(Cl)n4)cc3NC(N)=O)c(SOOO)cc2c1. The highest BCUT2D eigenvalue weighted by atomic mass is 35.5. The van der Waals surface area contributed by atoms with Crippen LogP contribution in [0.2, 0.25) is 5.28 Å². The molecule has 202 valence electrons. The fourth-order valence-electron chi connectivity index (χ4n) is 3.41. The van der Waals surface area contributed by atoms with Crippen LogP contribution in [-0.4, -0.2) is 39.2 Å². The molecule has 0 bridgehead atoms. The molecule has 1 heterocycles. The highest BCUT2D eigenvalue weighted by molar-refractivity contribution is 7.94. The third kappa shape index (κ3) is 7.12. The summed E-state index contributed by atoms with van der Waals surface area (Å²) >= 11 is 6.34. The predicted octanol–water partition coefficient (Wildman–Crippen LogP) is 5.31. The molecule has 0 unspecified atom stereocenters. The number of hydrogen-bond acceptors (Lipinski definition) is 13. The highest BCUT2D eigenvalue weighted by Crippen LogP contribution is 2.39. The molecule has 0 atom stereocenters. The van der Waals surface area contributed by atoms with Gasteiger partial charge in [-0.25, -0.2) is 20.0 Å². The number of carbonyl (C=O) groups excluding carboxylic acids is 1. The van der Waals surface area contributed by atoms with Crippen LogP contribution in [0.25, 0.3) is 10.8 Å². The van der Waals surface area contributed by atoms with Gasteiger partial charge in [0.05, 0.1) is 22.6 Å². The van der Waals surface area contributed by atoms with Gasteiger partial charge in [-0.15, -0.1) is 14.6 Å². The molecule has 39 heavy (non-hydrogen) atoms. The van der Waals surface area contributed by atoms with Gasteiger partial charge in [0, 0.05) is 11.1 Å². The summed E-state index contributed by atoms with van der Waals surface area (Å²) in [7, 11) is -4.58. The van der Waals surface area contributed by atoms with Crippen LogP contribution in [0.5, 0.6) is 0 Å². The van der Waals surface area contributed by atoms with E-state index in [4.69, 9.17) is 22.6 Å². The largest absolute Gasteiger partial charge is 0.351 e. The van der Waals surface area contributed by atoms with Crippen molar-refractivity contribution in [1.82, 2.24) is 15.0 Å². The van der Waals surface area contributed by atoms with Gasteiger partial charge in [0.1, 0.15) is 22.6 Å². The predicted molar refractivity (Wildman–Crippen MR) is 141 cm³/mol. The van der Waals surface area contributed by atoms with Gasteiger partial charge in [0.15, 0.2) is 0 Å².